The second-order valence-corrected chi connectivity index (χ2v) is 6.49. The minimum atomic E-state index is -0.416. The SMILES string of the molecule is CC(C)CCNC(=O)CNC(=O)[C@H]1CC(=O)N(c2ccccc2)C1. The first-order valence-electron chi connectivity index (χ1n) is 8.37. The molecule has 1 aliphatic rings. The normalized spacial score (nSPS) is 17.2. The lowest BCUT2D eigenvalue weighted by Crippen LogP contribution is -2.40. The van der Waals surface area contributed by atoms with Gasteiger partial charge in [0.15, 0.2) is 0 Å². The number of carbonyl (C=O) groups excluding carboxylic acids is 3. The lowest BCUT2D eigenvalue weighted by Gasteiger charge is -2.16. The molecule has 6 nitrogen and oxygen atoms in total. The Hall–Kier alpha value is -2.37. The van der Waals surface area contributed by atoms with Gasteiger partial charge in [0.1, 0.15) is 0 Å². The second-order valence-electron chi connectivity index (χ2n) is 6.49. The van der Waals surface area contributed by atoms with Crippen molar-refractivity contribution in [1.82, 2.24) is 10.6 Å². The lowest BCUT2D eigenvalue weighted by atomic mass is 10.1. The van der Waals surface area contributed by atoms with Gasteiger partial charge < -0.3 is 15.5 Å². The number of hydrogen-bond acceptors (Lipinski definition) is 3. The third kappa shape index (κ3) is 5.08. The van der Waals surface area contributed by atoms with Crippen molar-refractivity contribution < 1.29 is 14.4 Å². The van der Waals surface area contributed by atoms with Gasteiger partial charge in [-0.25, -0.2) is 0 Å². The van der Waals surface area contributed by atoms with Crippen LogP contribution in [0.5, 0.6) is 0 Å². The highest BCUT2D eigenvalue weighted by Gasteiger charge is 2.35. The molecular weight excluding hydrogens is 306 g/mol. The maximum atomic E-state index is 12.2. The third-order valence-corrected chi connectivity index (χ3v) is 4.03. The average molecular weight is 331 g/mol. The van der Waals surface area contributed by atoms with Gasteiger partial charge in [-0.3, -0.25) is 14.4 Å². The first kappa shape index (κ1) is 18.0. The van der Waals surface area contributed by atoms with Gasteiger partial charge in [0.2, 0.25) is 17.7 Å². The molecule has 1 aromatic carbocycles. The molecule has 1 aliphatic heterocycles. The van der Waals surface area contributed by atoms with Crippen LogP contribution in [-0.2, 0) is 14.4 Å². The van der Waals surface area contributed by atoms with Crippen molar-refractivity contribution in [1.29, 1.82) is 0 Å². The summed E-state index contributed by atoms with van der Waals surface area (Å²) in [5, 5.41) is 5.40. The number of anilines is 1. The van der Waals surface area contributed by atoms with Crippen LogP contribution >= 0.6 is 0 Å². The van der Waals surface area contributed by atoms with E-state index in [0.717, 1.165) is 12.1 Å². The van der Waals surface area contributed by atoms with E-state index in [1.54, 1.807) is 4.90 Å². The summed E-state index contributed by atoms with van der Waals surface area (Å²) in [6.07, 6.45) is 1.08. The van der Waals surface area contributed by atoms with Crippen molar-refractivity contribution in [3.05, 3.63) is 30.3 Å². The number of hydrogen-bond donors (Lipinski definition) is 2. The summed E-state index contributed by atoms with van der Waals surface area (Å²) in [7, 11) is 0. The summed E-state index contributed by atoms with van der Waals surface area (Å²) >= 11 is 0. The van der Waals surface area contributed by atoms with Crippen LogP contribution in [-0.4, -0.2) is 37.4 Å². The summed E-state index contributed by atoms with van der Waals surface area (Å²) in [5.74, 6) is -0.411. The Kier molecular flexibility index (Phi) is 6.35. The molecule has 2 N–H and O–H groups in total. The van der Waals surface area contributed by atoms with Crippen LogP contribution in [0.25, 0.3) is 0 Å². The fraction of sp³-hybridized carbons (Fsp3) is 0.500. The summed E-state index contributed by atoms with van der Waals surface area (Å²) in [4.78, 5) is 37.6. The van der Waals surface area contributed by atoms with Crippen molar-refractivity contribution in [2.24, 2.45) is 11.8 Å². The summed E-state index contributed by atoms with van der Waals surface area (Å²) in [6, 6.07) is 9.29. The molecule has 1 heterocycles. The van der Waals surface area contributed by atoms with Crippen LogP contribution in [0.1, 0.15) is 26.7 Å². The topological polar surface area (TPSA) is 78.5 Å². The molecule has 0 saturated carbocycles. The predicted octanol–water partition coefficient (Wildman–Crippen LogP) is 1.32. The minimum Gasteiger partial charge on any atom is -0.355 e. The van der Waals surface area contributed by atoms with Gasteiger partial charge in [-0.05, 0) is 24.5 Å². The summed E-state index contributed by atoms with van der Waals surface area (Å²) in [6.45, 7) is 5.08. The van der Waals surface area contributed by atoms with E-state index in [0.29, 0.717) is 19.0 Å². The monoisotopic (exact) mass is 331 g/mol. The highest BCUT2D eigenvalue weighted by molar-refractivity contribution is 6.00. The van der Waals surface area contributed by atoms with Gasteiger partial charge in [0, 0.05) is 25.2 Å². The number of rotatable bonds is 7. The van der Waals surface area contributed by atoms with Crippen molar-refractivity contribution in [2.75, 3.05) is 24.5 Å². The maximum absolute atomic E-state index is 12.2. The van der Waals surface area contributed by atoms with E-state index in [1.165, 1.54) is 0 Å². The Morgan fingerprint density at radius 1 is 1.21 bits per heavy atom. The zero-order chi connectivity index (χ0) is 17.5. The Labute approximate surface area is 142 Å². The van der Waals surface area contributed by atoms with E-state index in [-0.39, 0.29) is 30.7 Å². The lowest BCUT2D eigenvalue weighted by molar-refractivity contribution is -0.128. The molecule has 0 aromatic heterocycles. The number of nitrogens with zero attached hydrogens (tertiary/aromatic N) is 1. The first-order chi connectivity index (χ1) is 11.5. The summed E-state index contributed by atoms with van der Waals surface area (Å²) in [5.41, 5.74) is 0.796. The Bertz CT molecular complexity index is 586. The second kappa shape index (κ2) is 8.47. The quantitative estimate of drug-likeness (QED) is 0.791. The van der Waals surface area contributed by atoms with Crippen LogP contribution in [0.2, 0.25) is 0 Å². The third-order valence-electron chi connectivity index (χ3n) is 4.03. The van der Waals surface area contributed by atoms with E-state index in [9.17, 15) is 14.4 Å². The minimum absolute atomic E-state index is 0.0487. The highest BCUT2D eigenvalue weighted by Crippen LogP contribution is 2.24. The van der Waals surface area contributed by atoms with Crippen LogP contribution in [0, 0.1) is 11.8 Å². The Morgan fingerprint density at radius 3 is 2.58 bits per heavy atom. The van der Waals surface area contributed by atoms with Gasteiger partial charge in [-0.15, -0.1) is 0 Å². The van der Waals surface area contributed by atoms with E-state index < -0.39 is 5.92 Å². The van der Waals surface area contributed by atoms with Gasteiger partial charge in [0.25, 0.3) is 0 Å². The zero-order valence-corrected chi connectivity index (χ0v) is 14.2. The fourth-order valence-electron chi connectivity index (χ4n) is 2.62. The highest BCUT2D eigenvalue weighted by atomic mass is 16.2. The van der Waals surface area contributed by atoms with E-state index in [2.05, 4.69) is 24.5 Å². The molecule has 1 aromatic rings. The summed E-state index contributed by atoms with van der Waals surface area (Å²) < 4.78 is 0. The molecule has 130 valence electrons. The molecule has 0 radical (unpaired) electrons. The Balaban J connectivity index is 1.77. The van der Waals surface area contributed by atoms with Crippen LogP contribution in [0.15, 0.2) is 30.3 Å². The van der Waals surface area contributed by atoms with Crippen molar-refractivity contribution in [2.45, 2.75) is 26.7 Å². The van der Waals surface area contributed by atoms with Crippen LogP contribution in [0.3, 0.4) is 0 Å². The molecular formula is C18H25N3O3. The zero-order valence-electron chi connectivity index (χ0n) is 14.2. The molecule has 24 heavy (non-hydrogen) atoms. The standard InChI is InChI=1S/C18H25N3O3/c1-13(2)8-9-19-16(22)11-20-18(24)14-10-17(23)21(12-14)15-6-4-3-5-7-15/h3-7,13-14H,8-12H2,1-2H3,(H,19,22)(H,20,24)/t14-/m0/s1. The molecule has 2 rings (SSSR count). The molecule has 6 heteroatoms. The van der Waals surface area contributed by atoms with Gasteiger partial charge in [0.05, 0.1) is 12.5 Å². The van der Waals surface area contributed by atoms with Crippen LogP contribution in [0.4, 0.5) is 5.69 Å². The molecule has 1 atom stereocenters. The van der Waals surface area contributed by atoms with Crippen molar-refractivity contribution >= 4 is 23.4 Å². The molecule has 0 spiro atoms. The smallest absolute Gasteiger partial charge is 0.239 e. The number of nitrogens with one attached hydrogen (secondary N) is 2. The fourth-order valence-corrected chi connectivity index (χ4v) is 2.62. The molecule has 1 fully saturated rings. The number of benzene rings is 1. The van der Waals surface area contributed by atoms with E-state index in [4.69, 9.17) is 0 Å². The molecule has 0 unspecified atom stereocenters. The maximum Gasteiger partial charge on any atom is 0.239 e. The van der Waals surface area contributed by atoms with Gasteiger partial charge in [-0.1, -0.05) is 32.0 Å². The largest absolute Gasteiger partial charge is 0.355 e. The van der Waals surface area contributed by atoms with E-state index in [1.807, 2.05) is 30.3 Å². The molecule has 0 aliphatic carbocycles. The average Bonchev–Trinajstić information content (AvgIpc) is 2.95. The van der Waals surface area contributed by atoms with Crippen LogP contribution < -0.4 is 15.5 Å². The Morgan fingerprint density at radius 2 is 1.92 bits per heavy atom. The van der Waals surface area contributed by atoms with Gasteiger partial charge in [-0.2, -0.15) is 0 Å². The predicted molar refractivity (Wildman–Crippen MR) is 92.4 cm³/mol. The number of amides is 3. The van der Waals surface area contributed by atoms with E-state index >= 15 is 0 Å². The van der Waals surface area contributed by atoms with Crippen molar-refractivity contribution in [3.63, 3.8) is 0 Å². The first-order valence-corrected chi connectivity index (χ1v) is 8.37. The molecule has 3 amide bonds. The number of carbonyl (C=O) groups is 3. The van der Waals surface area contributed by atoms with Crippen molar-refractivity contribution in [3.8, 4) is 0 Å². The molecule has 0 bridgehead atoms. The van der Waals surface area contributed by atoms with Gasteiger partial charge >= 0.3 is 0 Å². The molecule has 1 saturated heterocycles. The number of para-hydroxylation sites is 1.